The van der Waals surface area contributed by atoms with Gasteiger partial charge in [-0.3, -0.25) is 0 Å². The van der Waals surface area contributed by atoms with Crippen molar-refractivity contribution in [3.05, 3.63) is 22.2 Å². The second-order valence-electron chi connectivity index (χ2n) is 3.32. The Labute approximate surface area is 96.1 Å². The molecule has 1 aliphatic rings. The van der Waals surface area contributed by atoms with E-state index >= 15 is 0 Å². The van der Waals surface area contributed by atoms with Crippen LogP contribution < -0.4 is 15.2 Å². The van der Waals surface area contributed by atoms with Gasteiger partial charge >= 0.3 is 0 Å². The first kappa shape index (κ1) is 10.7. The van der Waals surface area contributed by atoms with Crippen molar-refractivity contribution in [1.29, 1.82) is 0 Å². The molecule has 3 N–H and O–H groups in total. The molecule has 5 heteroatoms. The van der Waals surface area contributed by atoms with Gasteiger partial charge in [0.1, 0.15) is 0 Å². The fourth-order valence-electron chi connectivity index (χ4n) is 1.50. The van der Waals surface area contributed by atoms with Crippen LogP contribution in [0.1, 0.15) is 18.1 Å². The van der Waals surface area contributed by atoms with Crippen molar-refractivity contribution in [2.45, 2.75) is 12.5 Å². The maximum Gasteiger partial charge on any atom is 0.231 e. The third-order valence-corrected chi connectivity index (χ3v) is 2.98. The number of halogens is 1. The number of fused-ring (bicyclic) bond motifs is 1. The lowest BCUT2D eigenvalue weighted by Gasteiger charge is -2.12. The smallest absolute Gasteiger partial charge is 0.231 e. The maximum atomic E-state index is 9.83. The van der Waals surface area contributed by atoms with Crippen LogP contribution in [-0.2, 0) is 0 Å². The molecule has 0 unspecified atom stereocenters. The molecule has 1 atom stereocenters. The normalized spacial score (nSPS) is 15.4. The molecular formula is C10H12BrNO3. The molecule has 0 saturated heterocycles. The lowest BCUT2D eigenvalue weighted by atomic mass is 10.1. The standard InChI is InChI=1S/C10H12BrNO3/c11-7-4-10-9(14-5-15-10)3-6(7)8(13)1-2-12/h3-4,8,13H,1-2,5,12H2/t8-/m0/s1. The van der Waals surface area contributed by atoms with Gasteiger partial charge in [-0.15, -0.1) is 0 Å². The third kappa shape index (κ3) is 2.09. The first-order valence-electron chi connectivity index (χ1n) is 4.69. The molecular weight excluding hydrogens is 262 g/mol. The minimum atomic E-state index is -0.570. The van der Waals surface area contributed by atoms with Crippen molar-refractivity contribution in [2.24, 2.45) is 5.73 Å². The van der Waals surface area contributed by atoms with E-state index in [0.29, 0.717) is 24.5 Å². The molecule has 0 fully saturated rings. The van der Waals surface area contributed by atoms with Crippen molar-refractivity contribution in [3.63, 3.8) is 0 Å². The predicted molar refractivity (Wildman–Crippen MR) is 58.9 cm³/mol. The van der Waals surface area contributed by atoms with Crippen LogP contribution in [0.3, 0.4) is 0 Å². The summed E-state index contributed by atoms with van der Waals surface area (Å²) in [6.07, 6.45) is -0.0445. The molecule has 1 aromatic carbocycles. The first-order chi connectivity index (χ1) is 7.22. The summed E-state index contributed by atoms with van der Waals surface area (Å²) >= 11 is 3.38. The molecule has 0 bridgehead atoms. The molecule has 0 aromatic heterocycles. The summed E-state index contributed by atoms with van der Waals surface area (Å²) in [5.41, 5.74) is 6.18. The number of hydrogen-bond acceptors (Lipinski definition) is 4. The Morgan fingerprint density at radius 2 is 2.07 bits per heavy atom. The fraction of sp³-hybridized carbons (Fsp3) is 0.400. The minimum Gasteiger partial charge on any atom is -0.454 e. The van der Waals surface area contributed by atoms with Crippen molar-refractivity contribution in [2.75, 3.05) is 13.3 Å². The highest BCUT2D eigenvalue weighted by atomic mass is 79.9. The van der Waals surface area contributed by atoms with Crippen LogP contribution >= 0.6 is 15.9 Å². The van der Waals surface area contributed by atoms with E-state index in [2.05, 4.69) is 15.9 Å². The van der Waals surface area contributed by atoms with Gasteiger partial charge in [-0.1, -0.05) is 15.9 Å². The molecule has 4 nitrogen and oxygen atoms in total. The number of rotatable bonds is 3. The Kier molecular flexibility index (Phi) is 3.14. The Balaban J connectivity index is 2.31. The quantitative estimate of drug-likeness (QED) is 0.878. The van der Waals surface area contributed by atoms with Gasteiger partial charge in [0.25, 0.3) is 0 Å². The highest BCUT2D eigenvalue weighted by molar-refractivity contribution is 9.10. The monoisotopic (exact) mass is 273 g/mol. The van der Waals surface area contributed by atoms with Gasteiger partial charge in [-0.25, -0.2) is 0 Å². The number of aliphatic hydroxyl groups is 1. The lowest BCUT2D eigenvalue weighted by molar-refractivity contribution is 0.167. The summed E-state index contributed by atoms with van der Waals surface area (Å²) in [4.78, 5) is 0. The van der Waals surface area contributed by atoms with Crippen LogP contribution in [0.4, 0.5) is 0 Å². The number of ether oxygens (including phenoxy) is 2. The topological polar surface area (TPSA) is 64.7 Å². The summed E-state index contributed by atoms with van der Waals surface area (Å²) < 4.78 is 11.3. The molecule has 15 heavy (non-hydrogen) atoms. The van der Waals surface area contributed by atoms with Gasteiger partial charge in [0.2, 0.25) is 6.79 Å². The zero-order chi connectivity index (χ0) is 10.8. The van der Waals surface area contributed by atoms with Crippen molar-refractivity contribution >= 4 is 15.9 Å². The maximum absolute atomic E-state index is 9.83. The summed E-state index contributed by atoms with van der Waals surface area (Å²) in [5.74, 6) is 1.37. The average Bonchev–Trinajstić information content (AvgIpc) is 2.63. The largest absolute Gasteiger partial charge is 0.454 e. The van der Waals surface area contributed by atoms with E-state index in [1.54, 1.807) is 12.1 Å². The Morgan fingerprint density at radius 1 is 1.40 bits per heavy atom. The van der Waals surface area contributed by atoms with Crippen molar-refractivity contribution < 1.29 is 14.6 Å². The first-order valence-corrected chi connectivity index (χ1v) is 5.49. The molecule has 0 aliphatic carbocycles. The molecule has 0 radical (unpaired) electrons. The average molecular weight is 274 g/mol. The second-order valence-corrected chi connectivity index (χ2v) is 4.17. The molecule has 0 spiro atoms. The summed E-state index contributed by atoms with van der Waals surface area (Å²) in [5, 5.41) is 9.83. The molecule has 0 saturated carbocycles. The van der Waals surface area contributed by atoms with Gasteiger partial charge in [0.05, 0.1) is 6.10 Å². The molecule has 0 amide bonds. The SMILES string of the molecule is NCC[C@H](O)c1cc2c(cc1Br)OCO2. The van der Waals surface area contributed by atoms with Crippen LogP contribution in [0.5, 0.6) is 11.5 Å². The Bertz CT molecular complexity index is 370. The summed E-state index contributed by atoms with van der Waals surface area (Å²) in [7, 11) is 0. The highest BCUT2D eigenvalue weighted by Gasteiger charge is 2.19. The molecule has 1 aromatic rings. The van der Waals surface area contributed by atoms with Crippen LogP contribution in [0.2, 0.25) is 0 Å². The van der Waals surface area contributed by atoms with Crippen LogP contribution in [0, 0.1) is 0 Å². The summed E-state index contributed by atoms with van der Waals surface area (Å²) in [6, 6.07) is 3.59. The van der Waals surface area contributed by atoms with E-state index in [1.807, 2.05) is 0 Å². The van der Waals surface area contributed by atoms with Gasteiger partial charge < -0.3 is 20.3 Å². The number of hydrogen-bond donors (Lipinski definition) is 2. The van der Waals surface area contributed by atoms with E-state index in [4.69, 9.17) is 15.2 Å². The van der Waals surface area contributed by atoms with E-state index < -0.39 is 6.10 Å². The Morgan fingerprint density at radius 3 is 2.73 bits per heavy atom. The second kappa shape index (κ2) is 4.38. The van der Waals surface area contributed by atoms with E-state index in [0.717, 1.165) is 10.0 Å². The van der Waals surface area contributed by atoms with Crippen LogP contribution in [-0.4, -0.2) is 18.4 Å². The van der Waals surface area contributed by atoms with E-state index in [9.17, 15) is 5.11 Å². The molecule has 1 heterocycles. The van der Waals surface area contributed by atoms with Gasteiger partial charge in [0.15, 0.2) is 11.5 Å². The fourth-order valence-corrected chi connectivity index (χ4v) is 2.09. The highest BCUT2D eigenvalue weighted by Crippen LogP contribution is 2.39. The predicted octanol–water partition coefficient (Wildman–Crippen LogP) is 1.56. The number of nitrogens with two attached hydrogens (primary N) is 1. The van der Waals surface area contributed by atoms with Crippen molar-refractivity contribution in [3.8, 4) is 11.5 Å². The van der Waals surface area contributed by atoms with Gasteiger partial charge in [-0.2, -0.15) is 0 Å². The third-order valence-electron chi connectivity index (χ3n) is 2.29. The molecule has 2 rings (SSSR count). The summed E-state index contributed by atoms with van der Waals surface area (Å²) in [6.45, 7) is 0.681. The van der Waals surface area contributed by atoms with Crippen LogP contribution in [0.15, 0.2) is 16.6 Å². The van der Waals surface area contributed by atoms with Gasteiger partial charge in [-0.05, 0) is 30.7 Å². The lowest BCUT2D eigenvalue weighted by Crippen LogP contribution is -2.07. The molecule has 1 aliphatic heterocycles. The van der Waals surface area contributed by atoms with Crippen LogP contribution in [0.25, 0.3) is 0 Å². The van der Waals surface area contributed by atoms with E-state index in [-0.39, 0.29) is 6.79 Å². The number of aliphatic hydroxyl groups excluding tert-OH is 1. The minimum absolute atomic E-state index is 0.234. The Hall–Kier alpha value is -0.780. The zero-order valence-electron chi connectivity index (χ0n) is 8.07. The number of benzene rings is 1. The molecule has 82 valence electrons. The zero-order valence-corrected chi connectivity index (χ0v) is 9.66. The van der Waals surface area contributed by atoms with Crippen molar-refractivity contribution in [1.82, 2.24) is 0 Å². The van der Waals surface area contributed by atoms with E-state index in [1.165, 1.54) is 0 Å². The van der Waals surface area contributed by atoms with Gasteiger partial charge in [0, 0.05) is 4.47 Å².